The number of hydrogen-bond donors (Lipinski definition) is 0. The third kappa shape index (κ3) is 4.31. The largest absolute Gasteiger partial charge is 0.377 e. The van der Waals surface area contributed by atoms with Gasteiger partial charge < -0.3 is 28.7 Å². The van der Waals surface area contributed by atoms with Crippen LogP contribution >= 0.6 is 0 Å². The van der Waals surface area contributed by atoms with Crippen LogP contribution < -0.4 is 0 Å². The zero-order valence-corrected chi connectivity index (χ0v) is 11.7. The number of carbonyl (C=O) groups is 1. The van der Waals surface area contributed by atoms with Crippen molar-refractivity contribution in [1.29, 1.82) is 0 Å². The van der Waals surface area contributed by atoms with Crippen LogP contribution in [-0.2, 0) is 18.9 Å². The molecule has 0 aromatic carbocycles. The monoisotopic (exact) mass is 286 g/mol. The third-order valence-corrected chi connectivity index (χ3v) is 3.60. The Morgan fingerprint density at radius 1 is 0.950 bits per heavy atom. The fourth-order valence-corrected chi connectivity index (χ4v) is 2.16. The average molecular weight is 286 g/mol. The normalized spacial score (nSPS) is 28.3. The molecule has 0 aromatic rings. The minimum atomic E-state index is 0.0857. The van der Waals surface area contributed by atoms with Crippen molar-refractivity contribution in [3.8, 4) is 0 Å². The van der Waals surface area contributed by atoms with Crippen LogP contribution in [0.1, 0.15) is 0 Å². The zero-order chi connectivity index (χ0) is 13.8. The Morgan fingerprint density at radius 2 is 1.40 bits per heavy atom. The van der Waals surface area contributed by atoms with E-state index in [1.165, 1.54) is 0 Å². The average Bonchev–Trinajstić information content (AvgIpc) is 3.34. The Kier molecular flexibility index (Phi) is 4.72. The van der Waals surface area contributed by atoms with Gasteiger partial charge in [-0.15, -0.1) is 0 Å². The van der Waals surface area contributed by atoms with E-state index < -0.39 is 0 Å². The van der Waals surface area contributed by atoms with Crippen LogP contribution in [-0.4, -0.2) is 93.9 Å². The van der Waals surface area contributed by atoms with Gasteiger partial charge in [-0.2, -0.15) is 0 Å². The smallest absolute Gasteiger partial charge is 0.320 e. The van der Waals surface area contributed by atoms with Gasteiger partial charge in [-0.1, -0.05) is 0 Å². The molecule has 0 N–H and O–H groups in total. The van der Waals surface area contributed by atoms with Gasteiger partial charge in [0.15, 0.2) is 0 Å². The maximum Gasteiger partial charge on any atom is 0.320 e. The molecule has 20 heavy (non-hydrogen) atoms. The van der Waals surface area contributed by atoms with E-state index in [9.17, 15) is 4.79 Å². The first-order valence-electron chi connectivity index (χ1n) is 7.25. The SMILES string of the molecule is O=C1N(CCOCC2CO2)CCN1CCOCC1CO1. The van der Waals surface area contributed by atoms with Gasteiger partial charge in [0, 0.05) is 26.2 Å². The predicted molar refractivity (Wildman–Crippen MR) is 69.7 cm³/mol. The molecule has 0 spiro atoms. The number of hydrogen-bond acceptors (Lipinski definition) is 5. The summed E-state index contributed by atoms with van der Waals surface area (Å²) in [6.45, 7) is 6.90. The lowest BCUT2D eigenvalue weighted by Crippen LogP contribution is -2.35. The molecule has 3 aliphatic heterocycles. The van der Waals surface area contributed by atoms with Crippen LogP contribution in [0.15, 0.2) is 0 Å². The Balaban J connectivity index is 1.25. The van der Waals surface area contributed by atoms with Gasteiger partial charge in [0.05, 0.1) is 39.6 Å². The van der Waals surface area contributed by atoms with Crippen molar-refractivity contribution in [2.24, 2.45) is 0 Å². The van der Waals surface area contributed by atoms with Gasteiger partial charge in [0.1, 0.15) is 12.2 Å². The minimum absolute atomic E-state index is 0.0857. The highest BCUT2D eigenvalue weighted by atomic mass is 16.6. The molecule has 0 aliphatic carbocycles. The molecule has 2 amide bonds. The van der Waals surface area contributed by atoms with Gasteiger partial charge in [-0.3, -0.25) is 0 Å². The second-order valence-corrected chi connectivity index (χ2v) is 5.32. The summed E-state index contributed by atoms with van der Waals surface area (Å²) in [4.78, 5) is 15.7. The summed E-state index contributed by atoms with van der Waals surface area (Å²) in [6.07, 6.45) is 0.571. The maximum atomic E-state index is 12.1. The van der Waals surface area contributed by atoms with Gasteiger partial charge in [0.2, 0.25) is 0 Å². The molecule has 3 saturated heterocycles. The van der Waals surface area contributed by atoms with Crippen LogP contribution in [0, 0.1) is 0 Å². The molecule has 114 valence electrons. The number of epoxide rings is 2. The Hall–Kier alpha value is -0.890. The first-order chi connectivity index (χ1) is 9.83. The molecule has 2 atom stereocenters. The van der Waals surface area contributed by atoms with Crippen LogP contribution in [0.2, 0.25) is 0 Å². The lowest BCUT2D eigenvalue weighted by atomic mass is 10.5. The van der Waals surface area contributed by atoms with E-state index in [1.54, 1.807) is 0 Å². The molecule has 7 heteroatoms. The Labute approximate surface area is 118 Å². The number of rotatable bonds is 10. The van der Waals surface area contributed by atoms with Gasteiger partial charge in [-0.25, -0.2) is 4.79 Å². The molecular weight excluding hydrogens is 264 g/mol. The summed E-state index contributed by atoms with van der Waals surface area (Å²) in [5.41, 5.74) is 0. The highest BCUT2D eigenvalue weighted by Crippen LogP contribution is 2.11. The molecule has 2 unspecified atom stereocenters. The Bertz CT molecular complexity index is 303. The summed E-state index contributed by atoms with van der Waals surface area (Å²) in [7, 11) is 0. The number of ether oxygens (including phenoxy) is 4. The van der Waals surface area contributed by atoms with Gasteiger partial charge in [0.25, 0.3) is 0 Å². The van der Waals surface area contributed by atoms with Gasteiger partial charge >= 0.3 is 6.03 Å². The number of nitrogens with zero attached hydrogens (tertiary/aromatic N) is 2. The number of carbonyl (C=O) groups excluding carboxylic acids is 1. The topological polar surface area (TPSA) is 67.1 Å². The molecule has 3 heterocycles. The van der Waals surface area contributed by atoms with Gasteiger partial charge in [-0.05, 0) is 0 Å². The fraction of sp³-hybridized carbons (Fsp3) is 0.923. The van der Waals surface area contributed by atoms with E-state index in [0.717, 1.165) is 26.3 Å². The van der Waals surface area contributed by atoms with Crippen LogP contribution in [0.5, 0.6) is 0 Å². The number of urea groups is 1. The zero-order valence-electron chi connectivity index (χ0n) is 11.7. The standard InChI is InChI=1S/C13H22N2O5/c16-13-14(3-5-17-7-11-9-19-11)1-2-15(13)4-6-18-8-12-10-20-12/h11-12H,1-10H2. The summed E-state index contributed by atoms with van der Waals surface area (Å²) in [5, 5.41) is 0. The van der Waals surface area contributed by atoms with Crippen LogP contribution in [0.25, 0.3) is 0 Å². The molecule has 3 rings (SSSR count). The first kappa shape index (κ1) is 14.1. The fourth-order valence-electron chi connectivity index (χ4n) is 2.16. The first-order valence-corrected chi connectivity index (χ1v) is 7.25. The van der Waals surface area contributed by atoms with E-state index in [1.807, 2.05) is 9.80 Å². The van der Waals surface area contributed by atoms with Crippen LogP contribution in [0.3, 0.4) is 0 Å². The van der Waals surface area contributed by atoms with E-state index >= 15 is 0 Å². The minimum Gasteiger partial charge on any atom is -0.377 e. The highest BCUT2D eigenvalue weighted by Gasteiger charge is 2.28. The van der Waals surface area contributed by atoms with E-state index in [4.69, 9.17) is 18.9 Å². The molecular formula is C13H22N2O5. The van der Waals surface area contributed by atoms with Crippen molar-refractivity contribution in [2.45, 2.75) is 12.2 Å². The third-order valence-electron chi connectivity index (χ3n) is 3.60. The van der Waals surface area contributed by atoms with Crippen molar-refractivity contribution in [3.05, 3.63) is 0 Å². The van der Waals surface area contributed by atoms with Crippen molar-refractivity contribution in [2.75, 3.05) is 65.8 Å². The molecule has 3 fully saturated rings. The molecule has 0 aromatic heterocycles. The molecule has 7 nitrogen and oxygen atoms in total. The summed E-state index contributed by atoms with van der Waals surface area (Å²) >= 11 is 0. The van der Waals surface area contributed by atoms with Crippen molar-refractivity contribution >= 4 is 6.03 Å². The number of amides is 2. The quantitative estimate of drug-likeness (QED) is 0.402. The predicted octanol–water partition coefficient (Wildman–Crippen LogP) is -0.445. The summed E-state index contributed by atoms with van der Waals surface area (Å²) in [5.74, 6) is 0. The highest BCUT2D eigenvalue weighted by molar-refractivity contribution is 5.76. The van der Waals surface area contributed by atoms with Crippen molar-refractivity contribution in [3.63, 3.8) is 0 Å². The molecule has 0 saturated carbocycles. The Morgan fingerprint density at radius 3 is 1.80 bits per heavy atom. The second kappa shape index (κ2) is 6.71. The van der Waals surface area contributed by atoms with E-state index in [0.29, 0.717) is 39.5 Å². The lowest BCUT2D eigenvalue weighted by molar-refractivity contribution is 0.0937. The lowest BCUT2D eigenvalue weighted by Gasteiger charge is -2.18. The van der Waals surface area contributed by atoms with Crippen molar-refractivity contribution in [1.82, 2.24) is 9.80 Å². The van der Waals surface area contributed by atoms with E-state index in [2.05, 4.69) is 0 Å². The maximum absolute atomic E-state index is 12.1. The molecule has 0 radical (unpaired) electrons. The van der Waals surface area contributed by atoms with E-state index in [-0.39, 0.29) is 18.2 Å². The molecule has 0 bridgehead atoms. The second-order valence-electron chi connectivity index (χ2n) is 5.32. The summed E-state index contributed by atoms with van der Waals surface area (Å²) in [6, 6.07) is 0.0857. The van der Waals surface area contributed by atoms with Crippen LogP contribution in [0.4, 0.5) is 4.79 Å². The summed E-state index contributed by atoms with van der Waals surface area (Å²) < 4.78 is 21.0. The van der Waals surface area contributed by atoms with Crippen molar-refractivity contribution < 1.29 is 23.7 Å². The molecule has 3 aliphatic rings.